The molecule has 17 heavy (non-hydrogen) atoms. The van der Waals surface area contributed by atoms with Crippen molar-refractivity contribution in [2.75, 3.05) is 6.54 Å². The molecule has 90 valence electrons. The largest absolute Gasteiger partial charge is 0.290 e. The van der Waals surface area contributed by atoms with E-state index >= 15 is 0 Å². The van der Waals surface area contributed by atoms with Crippen molar-refractivity contribution in [3.8, 4) is 0 Å². The van der Waals surface area contributed by atoms with E-state index in [4.69, 9.17) is 0 Å². The van der Waals surface area contributed by atoms with E-state index in [1.165, 1.54) is 44.2 Å². The maximum absolute atomic E-state index is 2.71. The third kappa shape index (κ3) is 2.30. The van der Waals surface area contributed by atoms with Crippen molar-refractivity contribution in [1.29, 1.82) is 0 Å². The third-order valence-electron chi connectivity index (χ3n) is 4.13. The summed E-state index contributed by atoms with van der Waals surface area (Å²) in [6.07, 6.45) is 11.5. The molecule has 1 aliphatic carbocycles. The van der Waals surface area contributed by atoms with Crippen LogP contribution in [0.4, 0.5) is 0 Å². The van der Waals surface area contributed by atoms with Gasteiger partial charge in [0.05, 0.1) is 0 Å². The molecule has 2 unspecified atom stereocenters. The third-order valence-corrected chi connectivity index (χ3v) is 4.13. The predicted molar refractivity (Wildman–Crippen MR) is 71.9 cm³/mol. The lowest BCUT2D eigenvalue weighted by molar-refractivity contribution is 0.198. The molecule has 3 rings (SSSR count). The summed E-state index contributed by atoms with van der Waals surface area (Å²) in [6.45, 7) is 1.27. The van der Waals surface area contributed by atoms with Crippen molar-refractivity contribution in [2.24, 2.45) is 0 Å². The van der Waals surface area contributed by atoms with Crippen molar-refractivity contribution in [2.45, 2.75) is 44.2 Å². The van der Waals surface area contributed by atoms with Crippen LogP contribution in [0.1, 0.15) is 43.7 Å². The van der Waals surface area contributed by atoms with E-state index < -0.39 is 0 Å². The monoisotopic (exact) mass is 227 g/mol. The van der Waals surface area contributed by atoms with E-state index in [0.717, 1.165) is 0 Å². The molecule has 2 aliphatic rings. The standard InChI is InChI=1S/C16H21N/c1-3-8-14(9-4-1)16-12-7-13-17(16)15-10-5-2-6-11-15/h1,3-5,8-10,15-16H,2,6-7,11-13H2. The summed E-state index contributed by atoms with van der Waals surface area (Å²) < 4.78 is 0. The topological polar surface area (TPSA) is 3.24 Å². The summed E-state index contributed by atoms with van der Waals surface area (Å²) in [5, 5.41) is 0. The fourth-order valence-corrected chi connectivity index (χ4v) is 3.29. The minimum Gasteiger partial charge on any atom is -0.290 e. The van der Waals surface area contributed by atoms with Gasteiger partial charge in [-0.15, -0.1) is 0 Å². The van der Waals surface area contributed by atoms with Gasteiger partial charge in [-0.1, -0.05) is 42.5 Å². The first-order valence-electron chi connectivity index (χ1n) is 6.92. The molecule has 1 saturated heterocycles. The first-order valence-corrected chi connectivity index (χ1v) is 6.92. The van der Waals surface area contributed by atoms with Gasteiger partial charge in [-0.25, -0.2) is 0 Å². The van der Waals surface area contributed by atoms with Crippen LogP contribution in [0.5, 0.6) is 0 Å². The van der Waals surface area contributed by atoms with Crippen LogP contribution in [0.15, 0.2) is 42.5 Å². The second-order valence-corrected chi connectivity index (χ2v) is 5.23. The number of hydrogen-bond donors (Lipinski definition) is 0. The highest BCUT2D eigenvalue weighted by Gasteiger charge is 2.30. The Hall–Kier alpha value is -1.08. The smallest absolute Gasteiger partial charge is 0.0354 e. The second-order valence-electron chi connectivity index (χ2n) is 5.23. The molecule has 0 spiro atoms. The van der Waals surface area contributed by atoms with Crippen molar-refractivity contribution < 1.29 is 0 Å². The molecule has 0 saturated carbocycles. The van der Waals surface area contributed by atoms with Crippen molar-refractivity contribution in [3.05, 3.63) is 48.0 Å². The van der Waals surface area contributed by atoms with Gasteiger partial charge < -0.3 is 0 Å². The summed E-state index contributed by atoms with van der Waals surface area (Å²) in [5.74, 6) is 0. The molecule has 1 fully saturated rings. The van der Waals surface area contributed by atoms with Crippen LogP contribution >= 0.6 is 0 Å². The van der Waals surface area contributed by atoms with Crippen molar-refractivity contribution in [3.63, 3.8) is 0 Å². The summed E-state index contributed by atoms with van der Waals surface area (Å²) in [5.41, 5.74) is 1.50. The van der Waals surface area contributed by atoms with Gasteiger partial charge in [0.1, 0.15) is 0 Å². The zero-order chi connectivity index (χ0) is 11.5. The van der Waals surface area contributed by atoms with E-state index in [9.17, 15) is 0 Å². The molecule has 0 N–H and O–H groups in total. The average molecular weight is 227 g/mol. The van der Waals surface area contributed by atoms with Gasteiger partial charge in [0.2, 0.25) is 0 Å². The number of rotatable bonds is 2. The first-order chi connectivity index (χ1) is 8.45. The van der Waals surface area contributed by atoms with E-state index in [1.807, 2.05) is 0 Å². The Bertz CT molecular complexity index is 382. The Labute approximate surface area is 104 Å². The van der Waals surface area contributed by atoms with Gasteiger partial charge in [0, 0.05) is 12.1 Å². The molecule has 2 atom stereocenters. The Balaban J connectivity index is 1.80. The van der Waals surface area contributed by atoms with Gasteiger partial charge in [0.25, 0.3) is 0 Å². The summed E-state index contributed by atoms with van der Waals surface area (Å²) in [4.78, 5) is 2.71. The molecule has 0 radical (unpaired) electrons. The van der Waals surface area contributed by atoms with Gasteiger partial charge in [-0.3, -0.25) is 4.90 Å². The molecule has 0 aromatic heterocycles. The second kappa shape index (κ2) is 5.05. The lowest BCUT2D eigenvalue weighted by Gasteiger charge is -2.33. The number of benzene rings is 1. The first kappa shape index (κ1) is 11.0. The summed E-state index contributed by atoms with van der Waals surface area (Å²) >= 11 is 0. The Kier molecular flexibility index (Phi) is 3.28. The lowest BCUT2D eigenvalue weighted by Crippen LogP contribution is -2.34. The number of likely N-dealkylation sites (tertiary alicyclic amines) is 1. The van der Waals surface area contributed by atoms with E-state index in [1.54, 1.807) is 0 Å². The summed E-state index contributed by atoms with van der Waals surface area (Å²) in [7, 11) is 0. The SMILES string of the molecule is C1=CC(N2CCCC2c2ccccc2)CCC1. The zero-order valence-corrected chi connectivity index (χ0v) is 10.4. The molecule has 0 amide bonds. The van der Waals surface area contributed by atoms with Crippen LogP contribution in [0.25, 0.3) is 0 Å². The van der Waals surface area contributed by atoms with Gasteiger partial charge in [0.15, 0.2) is 0 Å². The molecule has 1 aliphatic heterocycles. The lowest BCUT2D eigenvalue weighted by atomic mass is 9.98. The van der Waals surface area contributed by atoms with Crippen molar-refractivity contribution >= 4 is 0 Å². The quantitative estimate of drug-likeness (QED) is 0.692. The Morgan fingerprint density at radius 2 is 1.88 bits per heavy atom. The van der Waals surface area contributed by atoms with Crippen LogP contribution in [0.3, 0.4) is 0 Å². The van der Waals surface area contributed by atoms with Gasteiger partial charge in [-0.05, 0) is 44.2 Å². The highest BCUT2D eigenvalue weighted by Crippen LogP contribution is 2.35. The van der Waals surface area contributed by atoms with Crippen LogP contribution in [0.2, 0.25) is 0 Å². The number of hydrogen-bond acceptors (Lipinski definition) is 1. The predicted octanol–water partition coefficient (Wildman–Crippen LogP) is 3.93. The number of nitrogens with zero attached hydrogens (tertiary/aromatic N) is 1. The van der Waals surface area contributed by atoms with Gasteiger partial charge >= 0.3 is 0 Å². The minimum absolute atomic E-state index is 0.656. The zero-order valence-electron chi connectivity index (χ0n) is 10.4. The summed E-state index contributed by atoms with van der Waals surface area (Å²) in [6, 6.07) is 12.4. The van der Waals surface area contributed by atoms with Crippen LogP contribution in [0, 0.1) is 0 Å². The molecule has 1 nitrogen and oxygen atoms in total. The molecule has 1 heterocycles. The van der Waals surface area contributed by atoms with E-state index in [0.29, 0.717) is 12.1 Å². The highest BCUT2D eigenvalue weighted by atomic mass is 15.2. The maximum atomic E-state index is 2.71. The highest BCUT2D eigenvalue weighted by molar-refractivity contribution is 5.21. The van der Waals surface area contributed by atoms with E-state index in [-0.39, 0.29) is 0 Å². The molecule has 1 heteroatoms. The Morgan fingerprint density at radius 1 is 1.00 bits per heavy atom. The fourth-order valence-electron chi connectivity index (χ4n) is 3.29. The van der Waals surface area contributed by atoms with Crippen LogP contribution in [-0.2, 0) is 0 Å². The minimum atomic E-state index is 0.656. The molecular weight excluding hydrogens is 206 g/mol. The average Bonchev–Trinajstić information content (AvgIpc) is 2.90. The van der Waals surface area contributed by atoms with Crippen LogP contribution in [-0.4, -0.2) is 17.5 Å². The molecule has 0 bridgehead atoms. The Morgan fingerprint density at radius 3 is 2.65 bits per heavy atom. The molecule has 1 aromatic carbocycles. The van der Waals surface area contributed by atoms with Crippen molar-refractivity contribution in [1.82, 2.24) is 4.90 Å². The maximum Gasteiger partial charge on any atom is 0.0354 e. The van der Waals surface area contributed by atoms with Gasteiger partial charge in [-0.2, -0.15) is 0 Å². The van der Waals surface area contributed by atoms with Crippen LogP contribution < -0.4 is 0 Å². The van der Waals surface area contributed by atoms with E-state index in [2.05, 4.69) is 47.4 Å². The fraction of sp³-hybridized carbons (Fsp3) is 0.500. The molecule has 1 aromatic rings. The number of allylic oxidation sites excluding steroid dienone is 1. The normalized spacial score (nSPS) is 29.6. The molecular formula is C16H21N.